The second-order valence-electron chi connectivity index (χ2n) is 6.67. The summed E-state index contributed by atoms with van der Waals surface area (Å²) in [5, 5.41) is 0. The number of hydrogen-bond donors (Lipinski definition) is 0. The number of hydrogen-bond acceptors (Lipinski definition) is 6. The molecule has 0 amide bonds. The number of alkyl halides is 3. The normalized spacial score (nSPS) is 18.3. The van der Waals surface area contributed by atoms with Crippen molar-refractivity contribution in [3.8, 4) is 11.5 Å². The summed E-state index contributed by atoms with van der Waals surface area (Å²) < 4.78 is 73.3. The summed E-state index contributed by atoms with van der Waals surface area (Å²) in [7, 11) is -2.55. The first-order chi connectivity index (χ1) is 14.1. The van der Waals surface area contributed by atoms with E-state index in [0.29, 0.717) is 11.4 Å². The minimum Gasteiger partial charge on any atom is -0.497 e. The summed E-state index contributed by atoms with van der Waals surface area (Å²) in [5.41, 5.74) is 0.558. The average Bonchev–Trinajstić information content (AvgIpc) is 2.67. The van der Waals surface area contributed by atoms with Gasteiger partial charge in [-0.1, -0.05) is 0 Å². The van der Waals surface area contributed by atoms with Gasteiger partial charge in [0.25, 0.3) is 0 Å². The fraction of sp³-hybridized carbons (Fsp3) is 0.368. The van der Waals surface area contributed by atoms with Crippen LogP contribution in [0, 0.1) is 0 Å². The van der Waals surface area contributed by atoms with Crippen molar-refractivity contribution in [2.45, 2.75) is 36.6 Å². The number of ether oxygens (including phenoxy) is 2. The summed E-state index contributed by atoms with van der Waals surface area (Å²) in [4.78, 5) is 16.0. The first kappa shape index (κ1) is 22.0. The van der Waals surface area contributed by atoms with Gasteiger partial charge in [-0.05, 0) is 30.3 Å². The highest BCUT2D eigenvalue weighted by Crippen LogP contribution is 2.29. The van der Waals surface area contributed by atoms with Gasteiger partial charge in [0.05, 0.1) is 12.0 Å². The molecule has 1 unspecified atom stereocenters. The number of benzene rings is 1. The molecular weight excluding hydrogens is 425 g/mol. The van der Waals surface area contributed by atoms with Crippen LogP contribution in [0.15, 0.2) is 47.5 Å². The van der Waals surface area contributed by atoms with Crippen molar-refractivity contribution >= 4 is 15.8 Å². The molecule has 162 valence electrons. The van der Waals surface area contributed by atoms with E-state index in [-0.39, 0.29) is 36.5 Å². The van der Waals surface area contributed by atoms with E-state index in [2.05, 4.69) is 9.72 Å². The minimum atomic E-state index is -4.87. The predicted molar refractivity (Wildman–Crippen MR) is 99.5 cm³/mol. The van der Waals surface area contributed by atoms with Gasteiger partial charge in [-0.25, -0.2) is 8.42 Å². The lowest BCUT2D eigenvalue weighted by molar-refractivity contribution is -0.274. The molecule has 0 aliphatic carbocycles. The fourth-order valence-corrected chi connectivity index (χ4v) is 4.88. The Bertz CT molecular complexity index is 1010. The van der Waals surface area contributed by atoms with Crippen molar-refractivity contribution in [1.29, 1.82) is 0 Å². The van der Waals surface area contributed by atoms with Crippen molar-refractivity contribution in [2.75, 3.05) is 13.7 Å². The molecule has 0 radical (unpaired) electrons. The largest absolute Gasteiger partial charge is 0.573 e. The number of pyridine rings is 1. The summed E-state index contributed by atoms with van der Waals surface area (Å²) in [6.45, 7) is -0.0173. The van der Waals surface area contributed by atoms with Crippen molar-refractivity contribution in [3.05, 3.63) is 48.3 Å². The quantitative estimate of drug-likeness (QED) is 0.681. The number of rotatable bonds is 6. The maximum Gasteiger partial charge on any atom is 0.573 e. The molecule has 11 heteroatoms. The third-order valence-corrected chi connectivity index (χ3v) is 6.58. The van der Waals surface area contributed by atoms with Gasteiger partial charge in [0.15, 0.2) is 0 Å². The van der Waals surface area contributed by atoms with Crippen LogP contribution >= 0.6 is 0 Å². The Balaban J connectivity index is 1.85. The van der Waals surface area contributed by atoms with Gasteiger partial charge < -0.3 is 9.47 Å². The van der Waals surface area contributed by atoms with E-state index < -0.39 is 28.2 Å². The molecule has 2 heterocycles. The second kappa shape index (κ2) is 8.60. The van der Waals surface area contributed by atoms with E-state index >= 15 is 0 Å². The van der Waals surface area contributed by atoms with E-state index in [1.54, 1.807) is 12.1 Å². The highest BCUT2D eigenvalue weighted by Gasteiger charge is 2.37. The molecule has 0 spiro atoms. The van der Waals surface area contributed by atoms with Gasteiger partial charge in [-0.3, -0.25) is 9.78 Å². The number of methoxy groups -OCH3 is 1. The van der Waals surface area contributed by atoms with E-state index in [1.165, 1.54) is 17.6 Å². The first-order valence-electron chi connectivity index (χ1n) is 8.97. The number of ketones is 1. The summed E-state index contributed by atoms with van der Waals surface area (Å²) in [6.07, 6.45) is -3.07. The lowest BCUT2D eigenvalue weighted by Crippen LogP contribution is -2.47. The van der Waals surface area contributed by atoms with Gasteiger partial charge in [0.1, 0.15) is 17.3 Å². The highest BCUT2D eigenvalue weighted by molar-refractivity contribution is 7.89. The summed E-state index contributed by atoms with van der Waals surface area (Å²) in [6, 6.07) is 6.62. The van der Waals surface area contributed by atoms with Gasteiger partial charge >= 0.3 is 6.36 Å². The number of Topliss-reactive ketones (excluding diaryl/α,β-unsaturated/α-hetero) is 1. The molecule has 0 bridgehead atoms. The standard InChI is InChI=1S/C19H19F3N2O5S/c1-28-17-6-8-23-13(11-17)10-14-12-15(25)7-9-24(14)30(26,27)18-4-2-16(3-5-18)29-19(20,21)22/h2-6,8,11,14H,7,9-10,12H2,1H3. The Hall–Kier alpha value is -2.66. The zero-order valence-electron chi connectivity index (χ0n) is 15.9. The van der Waals surface area contributed by atoms with Crippen molar-refractivity contribution in [1.82, 2.24) is 9.29 Å². The monoisotopic (exact) mass is 444 g/mol. The van der Waals surface area contributed by atoms with Crippen LogP contribution in [0.1, 0.15) is 18.5 Å². The van der Waals surface area contributed by atoms with Gasteiger partial charge in [-0.15, -0.1) is 13.2 Å². The Morgan fingerprint density at radius 1 is 1.17 bits per heavy atom. The Kier molecular flexibility index (Phi) is 6.32. The molecule has 1 aromatic carbocycles. The third-order valence-electron chi connectivity index (χ3n) is 4.61. The number of piperidine rings is 1. The van der Waals surface area contributed by atoms with E-state index in [4.69, 9.17) is 4.74 Å². The highest BCUT2D eigenvalue weighted by atomic mass is 32.2. The van der Waals surface area contributed by atoms with Crippen LogP contribution < -0.4 is 9.47 Å². The van der Waals surface area contributed by atoms with Crippen molar-refractivity contribution < 1.29 is 35.9 Å². The molecular formula is C19H19F3N2O5S. The molecule has 1 aliphatic heterocycles. The van der Waals surface area contributed by atoms with Crippen molar-refractivity contribution in [3.63, 3.8) is 0 Å². The van der Waals surface area contributed by atoms with E-state index in [0.717, 1.165) is 24.3 Å². The van der Waals surface area contributed by atoms with Crippen LogP contribution in [0.3, 0.4) is 0 Å². The molecule has 7 nitrogen and oxygen atoms in total. The predicted octanol–water partition coefficient (Wildman–Crippen LogP) is 2.95. The Morgan fingerprint density at radius 2 is 1.87 bits per heavy atom. The van der Waals surface area contributed by atoms with E-state index in [9.17, 15) is 26.4 Å². The lowest BCUT2D eigenvalue weighted by atomic mass is 9.99. The molecule has 2 aromatic rings. The van der Waals surface area contributed by atoms with Gasteiger partial charge in [0.2, 0.25) is 10.0 Å². The zero-order chi connectivity index (χ0) is 21.9. The maximum atomic E-state index is 13.1. The Labute approximate surface area is 171 Å². The molecule has 0 N–H and O–H groups in total. The first-order valence-corrected chi connectivity index (χ1v) is 10.4. The molecule has 3 rings (SSSR count). The molecule has 1 saturated heterocycles. The summed E-state index contributed by atoms with van der Waals surface area (Å²) >= 11 is 0. The van der Waals surface area contributed by atoms with Crippen LogP contribution in [0.25, 0.3) is 0 Å². The molecule has 1 atom stereocenters. The van der Waals surface area contributed by atoms with Crippen LogP contribution in [-0.2, 0) is 21.2 Å². The number of nitrogens with zero attached hydrogens (tertiary/aromatic N) is 2. The maximum absolute atomic E-state index is 13.1. The lowest BCUT2D eigenvalue weighted by Gasteiger charge is -2.34. The molecule has 0 saturated carbocycles. The Morgan fingerprint density at radius 3 is 2.50 bits per heavy atom. The molecule has 1 aliphatic rings. The zero-order valence-corrected chi connectivity index (χ0v) is 16.7. The van der Waals surface area contributed by atoms with Crippen LogP contribution in [-0.4, -0.2) is 49.5 Å². The van der Waals surface area contributed by atoms with Crippen molar-refractivity contribution in [2.24, 2.45) is 0 Å². The van der Waals surface area contributed by atoms with Crippen LogP contribution in [0.4, 0.5) is 13.2 Å². The third kappa shape index (κ3) is 5.28. The van der Waals surface area contributed by atoms with Crippen LogP contribution in [0.5, 0.6) is 11.5 Å². The van der Waals surface area contributed by atoms with Gasteiger partial charge in [0, 0.05) is 49.8 Å². The number of aromatic nitrogens is 1. The number of sulfonamides is 1. The molecule has 30 heavy (non-hydrogen) atoms. The minimum absolute atomic E-state index is 0.0173. The molecule has 1 aromatic heterocycles. The molecule has 1 fully saturated rings. The fourth-order valence-electron chi connectivity index (χ4n) is 3.26. The number of halogens is 3. The van der Waals surface area contributed by atoms with E-state index in [1.807, 2.05) is 0 Å². The second-order valence-corrected chi connectivity index (χ2v) is 8.56. The van der Waals surface area contributed by atoms with Crippen LogP contribution in [0.2, 0.25) is 0 Å². The average molecular weight is 444 g/mol. The smallest absolute Gasteiger partial charge is 0.497 e. The summed E-state index contributed by atoms with van der Waals surface area (Å²) in [5.74, 6) is -0.0347. The topological polar surface area (TPSA) is 85.8 Å². The van der Waals surface area contributed by atoms with Gasteiger partial charge in [-0.2, -0.15) is 4.31 Å². The SMILES string of the molecule is COc1ccnc(CC2CC(=O)CCN2S(=O)(=O)c2ccc(OC(F)(F)F)cc2)c1. The number of carbonyl (C=O) groups excluding carboxylic acids is 1. The number of carbonyl (C=O) groups is 1.